The zero-order valence-electron chi connectivity index (χ0n) is 6.76. The van der Waals surface area contributed by atoms with E-state index in [2.05, 4.69) is 4.98 Å². The molecule has 2 heteroatoms. The first-order valence-electron chi connectivity index (χ1n) is 3.96. The second-order valence-electron chi connectivity index (χ2n) is 2.61. The van der Waals surface area contributed by atoms with Gasteiger partial charge < -0.3 is 4.98 Å². The topological polar surface area (TPSA) is 32.9 Å². The van der Waals surface area contributed by atoms with Crippen LogP contribution < -0.4 is 0 Å². The van der Waals surface area contributed by atoms with Gasteiger partial charge >= 0.3 is 0 Å². The molecule has 0 aliphatic heterocycles. The SMILES string of the molecule is CCC(=O)CCc1cc[nH]c1. The Labute approximate surface area is 66.6 Å². The fourth-order valence-electron chi connectivity index (χ4n) is 0.974. The Morgan fingerprint density at radius 3 is 3.00 bits per heavy atom. The van der Waals surface area contributed by atoms with Crippen LogP contribution in [-0.4, -0.2) is 10.8 Å². The molecule has 60 valence electrons. The molecule has 0 fully saturated rings. The van der Waals surface area contributed by atoms with Gasteiger partial charge in [-0.15, -0.1) is 0 Å². The average molecular weight is 151 g/mol. The molecule has 1 aromatic heterocycles. The molecular weight excluding hydrogens is 138 g/mol. The Hall–Kier alpha value is -1.05. The Morgan fingerprint density at radius 2 is 2.45 bits per heavy atom. The molecular formula is C9H13NO. The molecule has 0 spiro atoms. The molecule has 0 saturated heterocycles. The summed E-state index contributed by atoms with van der Waals surface area (Å²) in [7, 11) is 0. The van der Waals surface area contributed by atoms with Crippen molar-refractivity contribution in [2.24, 2.45) is 0 Å². The summed E-state index contributed by atoms with van der Waals surface area (Å²) in [6, 6.07) is 2.00. The van der Waals surface area contributed by atoms with E-state index >= 15 is 0 Å². The predicted molar refractivity (Wildman–Crippen MR) is 44.4 cm³/mol. The van der Waals surface area contributed by atoms with Gasteiger partial charge in [-0.2, -0.15) is 0 Å². The lowest BCUT2D eigenvalue weighted by atomic mass is 10.1. The molecule has 0 aliphatic carbocycles. The highest BCUT2D eigenvalue weighted by atomic mass is 16.1. The number of Topliss-reactive ketones (excluding diaryl/α,β-unsaturated/α-hetero) is 1. The summed E-state index contributed by atoms with van der Waals surface area (Å²) < 4.78 is 0. The van der Waals surface area contributed by atoms with Crippen molar-refractivity contribution in [3.05, 3.63) is 24.0 Å². The van der Waals surface area contributed by atoms with Gasteiger partial charge in [0.2, 0.25) is 0 Å². The van der Waals surface area contributed by atoms with Crippen LogP contribution >= 0.6 is 0 Å². The van der Waals surface area contributed by atoms with Gasteiger partial charge in [-0.05, 0) is 18.1 Å². The average Bonchev–Trinajstić information content (AvgIpc) is 2.52. The summed E-state index contributed by atoms with van der Waals surface area (Å²) in [6.45, 7) is 1.90. The molecule has 0 aliphatic rings. The second kappa shape index (κ2) is 3.96. The van der Waals surface area contributed by atoms with Crippen LogP contribution in [0.3, 0.4) is 0 Å². The Morgan fingerprint density at radius 1 is 1.64 bits per heavy atom. The summed E-state index contributed by atoms with van der Waals surface area (Å²) >= 11 is 0. The Balaban J connectivity index is 2.29. The number of H-pyrrole nitrogens is 1. The van der Waals surface area contributed by atoms with E-state index in [9.17, 15) is 4.79 Å². The van der Waals surface area contributed by atoms with Gasteiger partial charge in [-0.25, -0.2) is 0 Å². The van der Waals surface area contributed by atoms with E-state index < -0.39 is 0 Å². The molecule has 1 rings (SSSR count). The number of hydrogen-bond donors (Lipinski definition) is 1. The highest BCUT2D eigenvalue weighted by Crippen LogP contribution is 2.02. The van der Waals surface area contributed by atoms with Crippen LogP contribution in [0, 0.1) is 0 Å². The Bertz CT molecular complexity index is 213. The van der Waals surface area contributed by atoms with Crippen molar-refractivity contribution in [3.8, 4) is 0 Å². The summed E-state index contributed by atoms with van der Waals surface area (Å²) in [5.41, 5.74) is 1.21. The standard InChI is InChI=1S/C9H13NO/c1-2-9(11)4-3-8-5-6-10-7-8/h5-7,10H,2-4H2,1H3. The lowest BCUT2D eigenvalue weighted by Crippen LogP contribution is -1.96. The number of carbonyl (C=O) groups is 1. The van der Waals surface area contributed by atoms with Crippen LogP contribution in [0.2, 0.25) is 0 Å². The summed E-state index contributed by atoms with van der Waals surface area (Å²) in [5, 5.41) is 0. The summed E-state index contributed by atoms with van der Waals surface area (Å²) in [5.74, 6) is 0.339. The van der Waals surface area contributed by atoms with Crippen LogP contribution in [0.25, 0.3) is 0 Å². The number of hydrogen-bond acceptors (Lipinski definition) is 1. The predicted octanol–water partition coefficient (Wildman–Crippen LogP) is 1.93. The van der Waals surface area contributed by atoms with Crippen molar-refractivity contribution < 1.29 is 4.79 Å². The number of rotatable bonds is 4. The van der Waals surface area contributed by atoms with Gasteiger partial charge in [-0.3, -0.25) is 4.79 Å². The van der Waals surface area contributed by atoms with Gasteiger partial charge in [0.15, 0.2) is 0 Å². The van der Waals surface area contributed by atoms with Crippen molar-refractivity contribution in [3.63, 3.8) is 0 Å². The molecule has 0 unspecified atom stereocenters. The van der Waals surface area contributed by atoms with Gasteiger partial charge in [0, 0.05) is 25.2 Å². The molecule has 1 aromatic rings. The maximum Gasteiger partial charge on any atom is 0.132 e. The van der Waals surface area contributed by atoms with Crippen LogP contribution in [-0.2, 0) is 11.2 Å². The first-order chi connectivity index (χ1) is 5.33. The third-order valence-electron chi connectivity index (χ3n) is 1.75. The van der Waals surface area contributed by atoms with E-state index in [4.69, 9.17) is 0 Å². The number of aromatic amines is 1. The van der Waals surface area contributed by atoms with Crippen LogP contribution in [0.15, 0.2) is 18.5 Å². The van der Waals surface area contributed by atoms with E-state index in [1.54, 1.807) is 0 Å². The minimum absolute atomic E-state index is 0.339. The number of aromatic nitrogens is 1. The fraction of sp³-hybridized carbons (Fsp3) is 0.444. The smallest absolute Gasteiger partial charge is 0.132 e. The molecule has 0 saturated carbocycles. The monoisotopic (exact) mass is 151 g/mol. The molecule has 0 radical (unpaired) electrons. The number of aryl methyl sites for hydroxylation is 1. The normalized spacial score (nSPS) is 9.91. The fourth-order valence-corrected chi connectivity index (χ4v) is 0.974. The third kappa shape index (κ3) is 2.58. The van der Waals surface area contributed by atoms with Crippen molar-refractivity contribution in [2.45, 2.75) is 26.2 Å². The summed E-state index contributed by atoms with van der Waals surface area (Å²) in [6.07, 6.45) is 6.02. The summed E-state index contributed by atoms with van der Waals surface area (Å²) in [4.78, 5) is 13.9. The molecule has 0 bridgehead atoms. The number of ketones is 1. The highest BCUT2D eigenvalue weighted by molar-refractivity contribution is 5.78. The Kier molecular flexibility index (Phi) is 2.90. The zero-order valence-corrected chi connectivity index (χ0v) is 6.76. The quantitative estimate of drug-likeness (QED) is 0.700. The number of carbonyl (C=O) groups excluding carboxylic acids is 1. The minimum atomic E-state index is 0.339. The molecule has 0 amide bonds. The molecule has 0 aromatic carbocycles. The minimum Gasteiger partial charge on any atom is -0.367 e. The van der Waals surface area contributed by atoms with Gasteiger partial charge in [0.1, 0.15) is 5.78 Å². The van der Waals surface area contributed by atoms with Gasteiger partial charge in [0.05, 0.1) is 0 Å². The van der Waals surface area contributed by atoms with Crippen molar-refractivity contribution >= 4 is 5.78 Å². The van der Waals surface area contributed by atoms with Crippen LogP contribution in [0.5, 0.6) is 0 Å². The van der Waals surface area contributed by atoms with Crippen molar-refractivity contribution in [2.75, 3.05) is 0 Å². The van der Waals surface area contributed by atoms with E-state index in [0.29, 0.717) is 18.6 Å². The van der Waals surface area contributed by atoms with Crippen LogP contribution in [0.1, 0.15) is 25.3 Å². The molecule has 1 N–H and O–H groups in total. The van der Waals surface area contributed by atoms with E-state index in [1.165, 1.54) is 5.56 Å². The van der Waals surface area contributed by atoms with Gasteiger partial charge in [-0.1, -0.05) is 6.92 Å². The number of nitrogens with one attached hydrogen (secondary N) is 1. The molecule has 0 atom stereocenters. The van der Waals surface area contributed by atoms with Gasteiger partial charge in [0.25, 0.3) is 0 Å². The first kappa shape index (κ1) is 8.05. The van der Waals surface area contributed by atoms with E-state index in [-0.39, 0.29) is 0 Å². The van der Waals surface area contributed by atoms with Crippen molar-refractivity contribution in [1.29, 1.82) is 0 Å². The molecule has 1 heterocycles. The van der Waals surface area contributed by atoms with Crippen molar-refractivity contribution in [1.82, 2.24) is 4.98 Å². The lowest BCUT2D eigenvalue weighted by molar-refractivity contribution is -0.118. The third-order valence-corrected chi connectivity index (χ3v) is 1.75. The van der Waals surface area contributed by atoms with E-state index in [1.807, 2.05) is 25.4 Å². The molecule has 11 heavy (non-hydrogen) atoms. The maximum atomic E-state index is 10.9. The second-order valence-corrected chi connectivity index (χ2v) is 2.61. The zero-order chi connectivity index (χ0) is 8.10. The lowest BCUT2D eigenvalue weighted by Gasteiger charge is -1.93. The van der Waals surface area contributed by atoms with E-state index in [0.717, 1.165) is 6.42 Å². The highest BCUT2D eigenvalue weighted by Gasteiger charge is 1.98. The largest absolute Gasteiger partial charge is 0.367 e. The molecule has 2 nitrogen and oxygen atoms in total. The maximum absolute atomic E-state index is 10.9. The van der Waals surface area contributed by atoms with Crippen LogP contribution in [0.4, 0.5) is 0 Å². The first-order valence-corrected chi connectivity index (χ1v) is 3.96.